The van der Waals surface area contributed by atoms with Crippen LogP contribution in [-0.4, -0.2) is 116 Å². The molecule has 0 amide bonds. The van der Waals surface area contributed by atoms with Gasteiger partial charge in [0.05, 0.1) is 0 Å². The molecule has 0 saturated carbocycles. The second-order valence-electron chi connectivity index (χ2n) is 3.96. The van der Waals surface area contributed by atoms with Crippen LogP contribution in [0.2, 0.25) is 0 Å². The van der Waals surface area contributed by atoms with Gasteiger partial charge in [0, 0.05) is 64.0 Å². The van der Waals surface area contributed by atoms with Crippen LogP contribution in [0.15, 0.2) is 0 Å². The number of rotatable bonds is 13. The Kier molecular flexibility index (Phi) is 16.2. The molecule has 158 valence electrons. The molecule has 17 heteroatoms. The fourth-order valence-corrected chi connectivity index (χ4v) is 7.90. The molecule has 0 aliphatic rings. The van der Waals surface area contributed by atoms with Crippen LogP contribution in [0.3, 0.4) is 0 Å². The van der Waals surface area contributed by atoms with Gasteiger partial charge < -0.3 is 55.7 Å². The summed E-state index contributed by atoms with van der Waals surface area (Å²) in [4.78, 5) is 18.8. The largest absolute Gasteiger partial charge is 0.898 e. The normalized spacial score (nSPS) is 12.6. The fraction of sp³-hybridized carbons (Fsp3) is 1.00. The molecule has 0 fully saturated rings. The van der Waals surface area contributed by atoms with Crippen molar-refractivity contribution in [3.63, 3.8) is 0 Å². The zero-order chi connectivity index (χ0) is 20.9. The molecule has 2 N–H and O–H groups in total. The first-order valence-electron chi connectivity index (χ1n) is 6.87. The summed E-state index contributed by atoms with van der Waals surface area (Å²) in [5, 5.41) is 0. The van der Waals surface area contributed by atoms with Crippen LogP contribution in [-0.2, 0) is 46.2 Å². The highest BCUT2D eigenvalue weighted by Gasteiger charge is 2.58. The van der Waals surface area contributed by atoms with Crippen molar-refractivity contribution in [2.45, 2.75) is 0 Å². The van der Waals surface area contributed by atoms with E-state index in [-0.39, 0.29) is 0 Å². The SMILES string of the molecule is CO[Si](O)(OC)OC.C[O][Al]([O]C)[O][Si](OC)(OC)O[Si](O)(OC)OC. The zero-order valence-corrected chi connectivity index (χ0v) is 20.6. The molecule has 0 aliphatic heterocycles. The molecular formula is C9H29AlO13Si3. The van der Waals surface area contributed by atoms with Crippen molar-refractivity contribution in [1.29, 1.82) is 0 Å². The lowest BCUT2D eigenvalue weighted by Gasteiger charge is -2.31. The van der Waals surface area contributed by atoms with Crippen molar-refractivity contribution in [3.05, 3.63) is 0 Å². The van der Waals surface area contributed by atoms with Gasteiger partial charge in [-0.3, -0.25) is 0 Å². The van der Waals surface area contributed by atoms with E-state index in [1.54, 1.807) is 0 Å². The predicted molar refractivity (Wildman–Crippen MR) is 92.7 cm³/mol. The molecule has 0 rings (SSSR count). The Morgan fingerprint density at radius 2 is 0.885 bits per heavy atom. The van der Waals surface area contributed by atoms with Crippen molar-refractivity contribution in [2.75, 3.05) is 64.0 Å². The second-order valence-corrected chi connectivity index (χ2v) is 13.2. The van der Waals surface area contributed by atoms with E-state index in [0.717, 1.165) is 0 Å². The van der Waals surface area contributed by atoms with E-state index >= 15 is 0 Å². The van der Waals surface area contributed by atoms with Crippen LogP contribution in [0, 0.1) is 0 Å². The van der Waals surface area contributed by atoms with Crippen LogP contribution in [0.1, 0.15) is 0 Å². The number of hydrogen-bond donors (Lipinski definition) is 2. The average molecular weight is 457 g/mol. The van der Waals surface area contributed by atoms with E-state index in [9.17, 15) is 4.80 Å². The van der Waals surface area contributed by atoms with Gasteiger partial charge in [0.2, 0.25) is 0 Å². The summed E-state index contributed by atoms with van der Waals surface area (Å²) in [5.74, 6) is 0. The highest BCUT2D eigenvalue weighted by Crippen LogP contribution is 2.17. The minimum atomic E-state index is -3.87. The van der Waals surface area contributed by atoms with E-state index in [0.29, 0.717) is 0 Å². The Hall–Kier alpha value is 0.663. The monoisotopic (exact) mass is 456 g/mol. The lowest BCUT2D eigenvalue weighted by Crippen LogP contribution is -2.61. The van der Waals surface area contributed by atoms with Crippen molar-refractivity contribution < 1.29 is 55.7 Å². The lowest BCUT2D eigenvalue weighted by atomic mass is 11.8. The Morgan fingerprint density at radius 3 is 1.08 bits per heavy atom. The molecule has 0 aromatic heterocycles. The van der Waals surface area contributed by atoms with Gasteiger partial charge in [0.25, 0.3) is 0 Å². The third-order valence-electron chi connectivity index (χ3n) is 2.67. The number of hydrogen-bond acceptors (Lipinski definition) is 13. The lowest BCUT2D eigenvalue weighted by molar-refractivity contribution is -0.0123. The van der Waals surface area contributed by atoms with E-state index in [1.165, 1.54) is 64.0 Å². The predicted octanol–water partition coefficient (Wildman–Crippen LogP) is -1.90. The maximum atomic E-state index is 9.89. The minimum absolute atomic E-state index is 1.24. The molecule has 0 unspecified atom stereocenters. The molecular weight excluding hydrogens is 427 g/mol. The molecule has 0 radical (unpaired) electrons. The third kappa shape index (κ3) is 10.3. The first-order valence-corrected chi connectivity index (χ1v) is 13.3. The molecule has 26 heavy (non-hydrogen) atoms. The third-order valence-corrected chi connectivity index (χ3v) is 11.0. The maximum absolute atomic E-state index is 9.89. The Balaban J connectivity index is 0. The van der Waals surface area contributed by atoms with Gasteiger partial charge in [-0.2, -0.15) is 0 Å². The van der Waals surface area contributed by atoms with Crippen molar-refractivity contribution in [3.8, 4) is 0 Å². The van der Waals surface area contributed by atoms with Gasteiger partial charge in [-0.15, -0.1) is 0 Å². The molecule has 13 nitrogen and oxygen atoms in total. The summed E-state index contributed by atoms with van der Waals surface area (Å²) >= 11 is -2.48. The van der Waals surface area contributed by atoms with Crippen molar-refractivity contribution in [1.82, 2.24) is 0 Å². The van der Waals surface area contributed by atoms with E-state index in [4.69, 9.17) is 37.7 Å². The van der Waals surface area contributed by atoms with Gasteiger partial charge >= 0.3 is 42.3 Å². The van der Waals surface area contributed by atoms with Crippen LogP contribution in [0.4, 0.5) is 0 Å². The zero-order valence-electron chi connectivity index (χ0n) is 16.5. The molecule has 0 aliphatic carbocycles. The van der Waals surface area contributed by atoms with Crippen molar-refractivity contribution >= 4 is 42.3 Å². The van der Waals surface area contributed by atoms with E-state index in [2.05, 4.69) is 13.3 Å². The molecule has 0 heterocycles. The Morgan fingerprint density at radius 1 is 0.538 bits per heavy atom. The second kappa shape index (κ2) is 14.6. The first kappa shape index (κ1) is 28.9. The van der Waals surface area contributed by atoms with Gasteiger partial charge in [0.1, 0.15) is 0 Å². The van der Waals surface area contributed by atoms with Gasteiger partial charge in [0.15, 0.2) is 0 Å². The fourth-order valence-electron chi connectivity index (χ4n) is 1.17. The van der Waals surface area contributed by atoms with E-state index < -0.39 is 42.3 Å². The smallest absolute Gasteiger partial charge is 0.457 e. The molecule has 0 atom stereocenters. The summed E-state index contributed by atoms with van der Waals surface area (Å²) in [6, 6.07) is 0. The molecule has 0 aromatic carbocycles. The van der Waals surface area contributed by atoms with Crippen LogP contribution in [0.5, 0.6) is 0 Å². The summed E-state index contributed by atoms with van der Waals surface area (Å²) in [6.07, 6.45) is 0. The Labute approximate surface area is 162 Å². The van der Waals surface area contributed by atoms with Crippen LogP contribution >= 0.6 is 0 Å². The summed E-state index contributed by atoms with van der Waals surface area (Å²) in [6.45, 7) is 0. The van der Waals surface area contributed by atoms with Crippen molar-refractivity contribution in [2.24, 2.45) is 0 Å². The molecule has 0 spiro atoms. The standard InChI is InChI=1S/C4H13O7Si2.C3H10O4Si.2CH3O.Al/c1-7-12(5,8-2)11-13(6,9-3)10-4;1-5-8(4,6-2)7-3;2*1-2;/h5H,1-4H3;4H,1-3H3;2*1H3;/q-1;;2*-1;+3. The quantitative estimate of drug-likeness (QED) is 0.298. The maximum Gasteiger partial charge on any atom is 0.898 e. The molecule has 0 saturated heterocycles. The molecule has 0 aromatic rings. The summed E-state index contributed by atoms with van der Waals surface area (Å²) in [7, 11) is 1.24. The van der Waals surface area contributed by atoms with Gasteiger partial charge in [-0.1, -0.05) is 0 Å². The molecule has 0 bridgehead atoms. The van der Waals surface area contributed by atoms with Gasteiger partial charge in [-0.05, 0) is 0 Å². The van der Waals surface area contributed by atoms with Crippen LogP contribution < -0.4 is 0 Å². The topological polar surface area (TPSA) is 142 Å². The van der Waals surface area contributed by atoms with Crippen LogP contribution in [0.25, 0.3) is 0 Å². The summed E-state index contributed by atoms with van der Waals surface area (Å²) in [5.41, 5.74) is 0. The first-order chi connectivity index (χ1) is 12.1. The Bertz CT molecular complexity index is 331. The van der Waals surface area contributed by atoms with Gasteiger partial charge in [-0.25, -0.2) is 0 Å². The minimum Gasteiger partial charge on any atom is -0.457 e. The highest BCUT2D eigenvalue weighted by atomic mass is 28.5. The highest BCUT2D eigenvalue weighted by molar-refractivity contribution is 6.71. The summed E-state index contributed by atoms with van der Waals surface area (Å²) < 4.78 is 53.8. The average Bonchev–Trinajstić information content (AvgIpc) is 2.70. The van der Waals surface area contributed by atoms with E-state index in [1.807, 2.05) is 0 Å².